The highest BCUT2D eigenvalue weighted by Gasteiger charge is 2.10. The Kier molecular flexibility index (Phi) is 7.95. The number of thiocarbonyl (C=S) groups is 1. The first kappa shape index (κ1) is 21.4. The lowest BCUT2D eigenvalue weighted by Crippen LogP contribution is -2.48. The van der Waals surface area contributed by atoms with E-state index in [9.17, 15) is 9.59 Å². The summed E-state index contributed by atoms with van der Waals surface area (Å²) in [6.45, 7) is 6.81. The molecule has 0 saturated carbocycles. The predicted molar refractivity (Wildman–Crippen MR) is 113 cm³/mol. The van der Waals surface area contributed by atoms with Crippen LogP contribution in [-0.4, -0.2) is 23.5 Å². The number of benzene rings is 2. The van der Waals surface area contributed by atoms with Crippen molar-refractivity contribution in [2.75, 3.05) is 6.61 Å². The molecule has 2 aromatic rings. The zero-order valence-corrected chi connectivity index (χ0v) is 17.1. The van der Waals surface area contributed by atoms with E-state index in [1.165, 1.54) is 0 Å². The average molecular weight is 400 g/mol. The molecule has 0 aliphatic heterocycles. The van der Waals surface area contributed by atoms with Crippen LogP contribution in [0.15, 0.2) is 48.5 Å². The van der Waals surface area contributed by atoms with E-state index >= 15 is 0 Å². The second kappa shape index (κ2) is 10.4. The number of amides is 2. The zero-order valence-electron chi connectivity index (χ0n) is 16.2. The molecule has 0 aliphatic rings. The molecule has 0 bridgehead atoms. The molecule has 0 unspecified atom stereocenters. The van der Waals surface area contributed by atoms with E-state index in [2.05, 4.69) is 30.0 Å². The van der Waals surface area contributed by atoms with Gasteiger partial charge in [-0.05, 0) is 67.9 Å². The summed E-state index contributed by atoms with van der Waals surface area (Å²) in [5.74, 6) is 0.566. The molecule has 148 valence electrons. The van der Waals surface area contributed by atoms with Crippen LogP contribution in [0.2, 0.25) is 0 Å². The molecule has 0 saturated heterocycles. The van der Waals surface area contributed by atoms with Gasteiger partial charge in [-0.2, -0.15) is 0 Å². The van der Waals surface area contributed by atoms with Crippen LogP contribution >= 0.6 is 12.2 Å². The van der Waals surface area contributed by atoms with Gasteiger partial charge < -0.3 is 4.74 Å². The minimum absolute atomic E-state index is 0.00787. The van der Waals surface area contributed by atoms with Crippen molar-refractivity contribution in [3.8, 4) is 5.75 Å². The summed E-state index contributed by atoms with van der Waals surface area (Å²) in [6.07, 6.45) is 0.970. The highest BCUT2D eigenvalue weighted by atomic mass is 32.1. The lowest BCUT2D eigenvalue weighted by atomic mass is 10.1. The molecule has 7 heteroatoms. The average Bonchev–Trinajstić information content (AvgIpc) is 2.66. The summed E-state index contributed by atoms with van der Waals surface area (Å²) < 4.78 is 5.63. The summed E-state index contributed by atoms with van der Waals surface area (Å²) in [7, 11) is 0. The largest absolute Gasteiger partial charge is 0.494 e. The summed E-state index contributed by atoms with van der Waals surface area (Å²) in [6, 6.07) is 13.9. The van der Waals surface area contributed by atoms with Crippen LogP contribution in [0.5, 0.6) is 5.75 Å². The molecule has 0 spiro atoms. The van der Waals surface area contributed by atoms with E-state index in [4.69, 9.17) is 17.0 Å². The monoisotopic (exact) mass is 399 g/mol. The maximum Gasteiger partial charge on any atom is 0.269 e. The lowest BCUT2D eigenvalue weighted by molar-refractivity contribution is 0.0934. The number of hydrogen-bond acceptors (Lipinski definition) is 4. The van der Waals surface area contributed by atoms with E-state index < -0.39 is 0 Å². The fourth-order valence-electron chi connectivity index (χ4n) is 2.29. The first-order valence-corrected chi connectivity index (χ1v) is 9.47. The Bertz CT molecular complexity index is 835. The molecule has 2 aromatic carbocycles. The smallest absolute Gasteiger partial charge is 0.269 e. The van der Waals surface area contributed by atoms with Gasteiger partial charge in [-0.1, -0.05) is 31.5 Å². The van der Waals surface area contributed by atoms with Gasteiger partial charge in [0.1, 0.15) is 5.75 Å². The third-order valence-corrected chi connectivity index (χ3v) is 4.08. The third-order valence-electron chi connectivity index (χ3n) is 3.88. The summed E-state index contributed by atoms with van der Waals surface area (Å²) in [4.78, 5) is 24.3. The van der Waals surface area contributed by atoms with Gasteiger partial charge in [-0.15, -0.1) is 0 Å². The first-order chi connectivity index (χ1) is 13.3. The fourth-order valence-corrected chi connectivity index (χ4v) is 2.44. The number of carbonyl (C=O) groups excluding carboxylic acids is 2. The molecule has 0 radical (unpaired) electrons. The molecule has 0 aliphatic carbocycles. The van der Waals surface area contributed by atoms with Crippen molar-refractivity contribution in [1.29, 1.82) is 0 Å². The zero-order chi connectivity index (χ0) is 20.5. The minimum Gasteiger partial charge on any atom is -0.494 e. The maximum atomic E-state index is 12.2. The lowest BCUT2D eigenvalue weighted by Gasteiger charge is -2.12. The topological polar surface area (TPSA) is 79.5 Å². The van der Waals surface area contributed by atoms with Crippen LogP contribution in [-0.2, 0) is 0 Å². The quantitative estimate of drug-likeness (QED) is 0.513. The Hall–Kier alpha value is -2.93. The normalized spacial score (nSPS) is 10.3. The third kappa shape index (κ3) is 7.00. The summed E-state index contributed by atoms with van der Waals surface area (Å²) >= 11 is 5.04. The second-order valence-electron chi connectivity index (χ2n) is 6.79. The first-order valence-electron chi connectivity index (χ1n) is 9.06. The Morgan fingerprint density at radius 2 is 1.71 bits per heavy atom. The van der Waals surface area contributed by atoms with Gasteiger partial charge in [0.15, 0.2) is 5.11 Å². The molecule has 0 fully saturated rings. The van der Waals surface area contributed by atoms with Gasteiger partial charge in [-0.25, -0.2) is 0 Å². The second-order valence-corrected chi connectivity index (χ2v) is 7.20. The van der Waals surface area contributed by atoms with Gasteiger partial charge in [0.05, 0.1) is 6.61 Å². The van der Waals surface area contributed by atoms with Crippen molar-refractivity contribution in [3.05, 3.63) is 65.2 Å². The molecule has 0 aromatic heterocycles. The van der Waals surface area contributed by atoms with Crippen molar-refractivity contribution in [2.24, 2.45) is 5.92 Å². The molecular weight excluding hydrogens is 374 g/mol. The number of aryl methyl sites for hydroxylation is 1. The van der Waals surface area contributed by atoms with Crippen molar-refractivity contribution in [2.45, 2.75) is 27.2 Å². The number of rotatable bonds is 6. The van der Waals surface area contributed by atoms with Gasteiger partial charge in [-0.3, -0.25) is 25.8 Å². The van der Waals surface area contributed by atoms with E-state index in [1.54, 1.807) is 42.5 Å². The van der Waals surface area contributed by atoms with Crippen LogP contribution in [0.25, 0.3) is 0 Å². The van der Waals surface area contributed by atoms with Crippen molar-refractivity contribution in [3.63, 3.8) is 0 Å². The number of nitrogens with one attached hydrogen (secondary N) is 3. The van der Waals surface area contributed by atoms with E-state index in [1.807, 2.05) is 13.0 Å². The van der Waals surface area contributed by atoms with Crippen molar-refractivity contribution in [1.82, 2.24) is 16.2 Å². The molecular formula is C21H25N3O3S. The molecule has 28 heavy (non-hydrogen) atoms. The number of carbonyl (C=O) groups is 2. The van der Waals surface area contributed by atoms with Crippen LogP contribution in [0.4, 0.5) is 0 Å². The van der Waals surface area contributed by atoms with E-state index in [-0.39, 0.29) is 16.9 Å². The number of hydrazine groups is 1. The Morgan fingerprint density at radius 1 is 1.00 bits per heavy atom. The van der Waals surface area contributed by atoms with Crippen molar-refractivity contribution >= 4 is 29.1 Å². The number of ether oxygens (including phenoxy) is 1. The molecule has 2 rings (SSSR count). The van der Waals surface area contributed by atoms with Crippen LogP contribution in [0, 0.1) is 12.8 Å². The molecule has 3 N–H and O–H groups in total. The van der Waals surface area contributed by atoms with Crippen LogP contribution in [0.3, 0.4) is 0 Å². The fraction of sp³-hybridized carbons (Fsp3) is 0.286. The van der Waals surface area contributed by atoms with E-state index in [0.29, 0.717) is 29.4 Å². The predicted octanol–water partition coefficient (Wildman–Crippen LogP) is 3.37. The minimum atomic E-state index is -0.374. The molecule has 0 heterocycles. The van der Waals surface area contributed by atoms with E-state index in [0.717, 1.165) is 12.0 Å². The van der Waals surface area contributed by atoms with Gasteiger partial charge >= 0.3 is 0 Å². The molecule has 6 nitrogen and oxygen atoms in total. The Balaban J connectivity index is 1.79. The maximum absolute atomic E-state index is 12.2. The Labute approximate surface area is 170 Å². The SMILES string of the molecule is Cc1cccc(C(=O)NC(=S)NNC(=O)c2ccc(OCCC(C)C)cc2)c1. The van der Waals surface area contributed by atoms with Gasteiger partial charge in [0.2, 0.25) is 0 Å². The van der Waals surface area contributed by atoms with Gasteiger partial charge in [0, 0.05) is 11.1 Å². The molecule has 0 atom stereocenters. The summed E-state index contributed by atoms with van der Waals surface area (Å²) in [5.41, 5.74) is 6.88. The Morgan fingerprint density at radius 3 is 2.36 bits per heavy atom. The highest BCUT2D eigenvalue weighted by molar-refractivity contribution is 7.80. The van der Waals surface area contributed by atoms with Gasteiger partial charge in [0.25, 0.3) is 11.8 Å². The number of hydrogen-bond donors (Lipinski definition) is 3. The van der Waals surface area contributed by atoms with Crippen LogP contribution < -0.4 is 20.9 Å². The molecule has 2 amide bonds. The standard InChI is InChI=1S/C21H25N3O3S/c1-14(2)11-12-27-18-9-7-16(8-10-18)20(26)23-24-21(28)22-19(25)17-6-4-5-15(3)13-17/h4-10,13-14H,11-12H2,1-3H3,(H,23,26)(H2,22,24,25,28). The highest BCUT2D eigenvalue weighted by Crippen LogP contribution is 2.13. The summed E-state index contributed by atoms with van der Waals surface area (Å²) in [5, 5.41) is 2.53. The van der Waals surface area contributed by atoms with Crippen LogP contribution in [0.1, 0.15) is 46.5 Å². The van der Waals surface area contributed by atoms with Crippen molar-refractivity contribution < 1.29 is 14.3 Å².